The molecule has 2 heteroatoms. The zero-order valence-electron chi connectivity index (χ0n) is 23.9. The number of nitrogens with zero attached hydrogens (tertiary/aromatic N) is 1. The van der Waals surface area contributed by atoms with Crippen molar-refractivity contribution in [2.24, 2.45) is 0 Å². The van der Waals surface area contributed by atoms with E-state index in [1.54, 1.807) is 0 Å². The summed E-state index contributed by atoms with van der Waals surface area (Å²) in [4.78, 5) is 0. The van der Waals surface area contributed by atoms with E-state index >= 15 is 0 Å². The molecule has 0 N–H and O–H groups in total. The summed E-state index contributed by atoms with van der Waals surface area (Å²) in [5, 5.41) is 5.16. The molecule has 44 heavy (non-hydrogen) atoms. The zero-order chi connectivity index (χ0) is 29.0. The molecule has 0 bridgehead atoms. The van der Waals surface area contributed by atoms with Gasteiger partial charge in [0.1, 0.15) is 0 Å². The van der Waals surface area contributed by atoms with E-state index in [9.17, 15) is 0 Å². The van der Waals surface area contributed by atoms with E-state index in [0.29, 0.717) is 0 Å². The second kappa shape index (κ2) is 10.1. The Labute approximate surface area is 259 Å². The number of rotatable bonds is 4. The first kappa shape index (κ1) is 25.1. The maximum absolute atomic E-state index is 2.41. The van der Waals surface area contributed by atoms with Crippen molar-refractivity contribution >= 4 is 53.3 Å². The van der Waals surface area contributed by atoms with Crippen molar-refractivity contribution in [3.8, 4) is 39.1 Å². The quantitative estimate of drug-likeness (QED) is 0.196. The first-order valence-corrected chi connectivity index (χ1v) is 15.8. The van der Waals surface area contributed by atoms with Gasteiger partial charge in [-0.25, -0.2) is 0 Å². The normalized spacial score (nSPS) is 11.6. The van der Waals surface area contributed by atoms with Crippen molar-refractivity contribution in [1.82, 2.24) is 4.57 Å². The van der Waals surface area contributed by atoms with Crippen LogP contribution in [-0.2, 0) is 0 Å². The van der Waals surface area contributed by atoms with Crippen LogP contribution >= 0.6 is 11.3 Å². The minimum absolute atomic E-state index is 1.18. The van der Waals surface area contributed by atoms with Crippen LogP contribution in [0.4, 0.5) is 0 Å². The van der Waals surface area contributed by atoms with Gasteiger partial charge >= 0.3 is 0 Å². The van der Waals surface area contributed by atoms with Gasteiger partial charge in [-0.3, -0.25) is 0 Å². The molecule has 9 aromatic rings. The van der Waals surface area contributed by atoms with Crippen molar-refractivity contribution in [2.75, 3.05) is 0 Å². The smallest absolute Gasteiger partial charge is 0.0547 e. The van der Waals surface area contributed by atoms with Gasteiger partial charge in [-0.1, -0.05) is 115 Å². The Bertz CT molecular complexity index is 2470. The van der Waals surface area contributed by atoms with Crippen LogP contribution in [0.2, 0.25) is 0 Å². The fraction of sp³-hybridized carbons (Fsp3) is 0. The molecule has 0 amide bonds. The van der Waals surface area contributed by atoms with Crippen LogP contribution in [-0.4, -0.2) is 4.57 Å². The topological polar surface area (TPSA) is 4.93 Å². The Morgan fingerprint density at radius 3 is 1.75 bits per heavy atom. The van der Waals surface area contributed by atoms with Crippen LogP contribution in [0.25, 0.3) is 81.0 Å². The lowest BCUT2D eigenvalue weighted by atomic mass is 9.95. The molecule has 9 rings (SSSR count). The minimum Gasteiger partial charge on any atom is -0.309 e. The Morgan fingerprint density at radius 1 is 0.364 bits per heavy atom. The van der Waals surface area contributed by atoms with Crippen LogP contribution in [0.15, 0.2) is 164 Å². The van der Waals surface area contributed by atoms with E-state index in [0.717, 1.165) is 0 Å². The van der Waals surface area contributed by atoms with Crippen LogP contribution < -0.4 is 0 Å². The Kier molecular flexibility index (Phi) is 5.75. The lowest BCUT2D eigenvalue weighted by Crippen LogP contribution is -1.93. The minimum atomic E-state index is 1.18. The number of para-hydroxylation sites is 2. The van der Waals surface area contributed by atoms with Gasteiger partial charge in [0, 0.05) is 42.2 Å². The number of hydrogen-bond acceptors (Lipinski definition) is 1. The second-order valence-corrected chi connectivity index (χ2v) is 12.4. The third-order valence-corrected chi connectivity index (χ3v) is 10.0. The highest BCUT2D eigenvalue weighted by Crippen LogP contribution is 2.45. The summed E-state index contributed by atoms with van der Waals surface area (Å²) in [6.07, 6.45) is 0. The standard InChI is InChI=1S/C42H27NS/c1-4-12-28(13-5-1)30-21-23-41-37(24-30)38-26-32(29-14-6-2-7-15-29)25-36(42(38)44-41)31-20-22-35-34-18-10-11-19-39(34)43(40(35)27-31)33-16-8-3-9-17-33/h1-27H. The van der Waals surface area contributed by atoms with Gasteiger partial charge in [0.05, 0.1) is 11.0 Å². The third kappa shape index (κ3) is 4.00. The summed E-state index contributed by atoms with van der Waals surface area (Å²) >= 11 is 1.90. The molecular weight excluding hydrogens is 551 g/mol. The predicted molar refractivity (Wildman–Crippen MR) is 190 cm³/mol. The Balaban J connectivity index is 1.34. The maximum atomic E-state index is 2.41. The van der Waals surface area contributed by atoms with Gasteiger partial charge in [-0.15, -0.1) is 11.3 Å². The van der Waals surface area contributed by atoms with E-state index in [1.807, 2.05) is 11.3 Å². The Hall–Kier alpha value is -5.44. The largest absolute Gasteiger partial charge is 0.309 e. The highest BCUT2D eigenvalue weighted by Gasteiger charge is 2.17. The highest BCUT2D eigenvalue weighted by molar-refractivity contribution is 7.26. The van der Waals surface area contributed by atoms with Crippen molar-refractivity contribution in [2.45, 2.75) is 0 Å². The van der Waals surface area contributed by atoms with E-state index in [1.165, 1.54) is 81.0 Å². The van der Waals surface area contributed by atoms with E-state index in [-0.39, 0.29) is 0 Å². The van der Waals surface area contributed by atoms with Crippen molar-refractivity contribution < 1.29 is 0 Å². The molecule has 1 nitrogen and oxygen atoms in total. The summed E-state index contributed by atoms with van der Waals surface area (Å²) in [5.74, 6) is 0. The lowest BCUT2D eigenvalue weighted by molar-refractivity contribution is 1.18. The molecule has 0 aliphatic rings. The number of thiophene rings is 1. The average Bonchev–Trinajstić information content (AvgIpc) is 3.64. The van der Waals surface area contributed by atoms with Gasteiger partial charge in [0.15, 0.2) is 0 Å². The second-order valence-electron chi connectivity index (χ2n) is 11.4. The van der Waals surface area contributed by atoms with Gasteiger partial charge in [-0.05, 0) is 76.3 Å². The maximum Gasteiger partial charge on any atom is 0.0547 e. The molecule has 0 saturated carbocycles. The molecule has 206 valence electrons. The molecule has 7 aromatic carbocycles. The highest BCUT2D eigenvalue weighted by atomic mass is 32.1. The summed E-state index contributed by atoms with van der Waals surface area (Å²) < 4.78 is 5.04. The van der Waals surface area contributed by atoms with Gasteiger partial charge < -0.3 is 4.57 Å². The van der Waals surface area contributed by atoms with Crippen LogP contribution in [0.5, 0.6) is 0 Å². The molecule has 2 aromatic heterocycles. The first-order valence-electron chi connectivity index (χ1n) is 15.0. The van der Waals surface area contributed by atoms with Gasteiger partial charge in [0.2, 0.25) is 0 Å². The summed E-state index contributed by atoms with van der Waals surface area (Å²) in [5.41, 5.74) is 11.1. The van der Waals surface area contributed by atoms with Crippen LogP contribution in [0.3, 0.4) is 0 Å². The summed E-state index contributed by atoms with van der Waals surface area (Å²) in [7, 11) is 0. The van der Waals surface area contributed by atoms with Crippen LogP contribution in [0.1, 0.15) is 0 Å². The number of fused-ring (bicyclic) bond motifs is 6. The fourth-order valence-corrected chi connectivity index (χ4v) is 7.89. The molecule has 0 atom stereocenters. The molecule has 0 fully saturated rings. The van der Waals surface area contributed by atoms with Gasteiger partial charge in [-0.2, -0.15) is 0 Å². The first-order chi connectivity index (χ1) is 21.8. The van der Waals surface area contributed by atoms with Crippen molar-refractivity contribution in [1.29, 1.82) is 0 Å². The lowest BCUT2D eigenvalue weighted by Gasteiger charge is -2.11. The SMILES string of the molecule is c1ccc(-c2ccc3sc4c(-c5ccc6c7ccccc7n(-c7ccccc7)c6c5)cc(-c5ccccc5)cc4c3c2)cc1. The van der Waals surface area contributed by atoms with Gasteiger partial charge in [0.25, 0.3) is 0 Å². The van der Waals surface area contributed by atoms with Crippen molar-refractivity contribution in [3.63, 3.8) is 0 Å². The third-order valence-electron chi connectivity index (χ3n) is 8.78. The zero-order valence-corrected chi connectivity index (χ0v) is 24.8. The molecule has 0 aliphatic carbocycles. The number of hydrogen-bond donors (Lipinski definition) is 0. The molecule has 2 heterocycles. The average molecular weight is 578 g/mol. The molecule has 0 unspecified atom stereocenters. The Morgan fingerprint density at radius 2 is 0.977 bits per heavy atom. The molecule has 0 aliphatic heterocycles. The molecule has 0 saturated heterocycles. The monoisotopic (exact) mass is 577 g/mol. The van der Waals surface area contributed by atoms with Crippen molar-refractivity contribution in [3.05, 3.63) is 164 Å². The summed E-state index contributed by atoms with van der Waals surface area (Å²) in [6.45, 7) is 0. The molecule has 0 spiro atoms. The van der Waals surface area contributed by atoms with E-state index < -0.39 is 0 Å². The number of benzene rings is 7. The van der Waals surface area contributed by atoms with Crippen LogP contribution in [0, 0.1) is 0 Å². The van der Waals surface area contributed by atoms with E-state index in [2.05, 4.69) is 168 Å². The summed E-state index contributed by atoms with van der Waals surface area (Å²) in [6, 6.07) is 59.6. The molecular formula is C42H27NS. The molecule has 0 radical (unpaired) electrons. The predicted octanol–water partition coefficient (Wildman–Crippen LogP) is 12.2. The number of aromatic nitrogens is 1. The fourth-order valence-electron chi connectivity index (χ4n) is 6.69. The van der Waals surface area contributed by atoms with E-state index in [4.69, 9.17) is 0 Å².